The van der Waals surface area contributed by atoms with Crippen LogP contribution in [0, 0.1) is 0 Å². The molecule has 0 unspecified atom stereocenters. The minimum absolute atomic E-state index is 0.0547. The van der Waals surface area contributed by atoms with Gasteiger partial charge in [-0.2, -0.15) is 4.68 Å². The van der Waals surface area contributed by atoms with E-state index in [2.05, 4.69) is 25.7 Å². The van der Waals surface area contributed by atoms with Crippen molar-refractivity contribution in [3.8, 4) is 11.0 Å². The molecule has 0 saturated heterocycles. The Kier molecular flexibility index (Phi) is 2.73. The smallest absolute Gasteiger partial charge is 0.369 e. The normalized spacial score (nSPS) is 11.6. The molecular formula is C9H10N8O2S. The summed E-state index contributed by atoms with van der Waals surface area (Å²) in [4.78, 5) is 15.8. The molecule has 3 rings (SSSR count). The average Bonchev–Trinajstić information content (AvgIpc) is 3.11. The fraction of sp³-hybridized carbons (Fsp3) is 0.333. The van der Waals surface area contributed by atoms with Crippen LogP contribution >= 0.6 is 11.3 Å². The first-order valence-corrected chi connectivity index (χ1v) is 6.37. The molecular weight excluding hydrogens is 284 g/mol. The van der Waals surface area contributed by atoms with Gasteiger partial charge in [-0.3, -0.25) is 0 Å². The molecule has 0 aliphatic heterocycles. The zero-order chi connectivity index (χ0) is 15.0. The Bertz CT molecular complexity index is 833. The Balaban J connectivity index is 1.90. The summed E-state index contributed by atoms with van der Waals surface area (Å²) in [6.45, 7) is 0.0547. The lowest BCUT2D eigenvalue weighted by Gasteiger charge is -2.02. The van der Waals surface area contributed by atoms with Gasteiger partial charge in [-0.15, -0.1) is 9.78 Å². The van der Waals surface area contributed by atoms with Crippen LogP contribution < -0.4 is 10.4 Å². The van der Waals surface area contributed by atoms with Crippen LogP contribution in [-0.4, -0.2) is 39.8 Å². The van der Waals surface area contributed by atoms with E-state index in [0.717, 1.165) is 9.36 Å². The number of aryl methyl sites for hydroxylation is 2. The average molecular weight is 296 g/mol. The summed E-state index contributed by atoms with van der Waals surface area (Å²) in [5.74, 6) is 0.371. The minimum Gasteiger partial charge on any atom is -0.463 e. The lowest BCUT2D eigenvalue weighted by molar-refractivity contribution is 0.299. The predicted octanol–water partition coefficient (Wildman–Crippen LogP) is -0.870. The van der Waals surface area contributed by atoms with Crippen molar-refractivity contribution in [1.29, 1.82) is 0 Å². The lowest BCUT2D eigenvalue weighted by atomic mass is 10.4. The van der Waals surface area contributed by atoms with E-state index < -0.39 is 5.69 Å². The van der Waals surface area contributed by atoms with Crippen LogP contribution in [0.1, 0.15) is 7.06 Å². The number of thiazole rings is 1. The largest absolute Gasteiger partial charge is 0.463 e. The third kappa shape index (κ3) is 2.07. The second-order valence-electron chi connectivity index (χ2n) is 3.81. The first-order valence-electron chi connectivity index (χ1n) is 5.99. The third-order valence-corrected chi connectivity index (χ3v) is 3.12. The fourth-order valence-corrected chi connectivity index (χ4v) is 2.01. The zero-order valence-corrected chi connectivity index (χ0v) is 11.4. The van der Waals surface area contributed by atoms with E-state index in [0.29, 0.717) is 16.7 Å². The number of nitrogens with zero attached hydrogens (tertiary/aromatic N) is 8. The standard InChI is InChI=1S/C9H10N8O2S/c1-15-7(17-9(18)16(2)13-14-17)6(11-12-15)5-19-8-10-3-4-20-8/h3-4H,5H2,1-2H3/i3T. The van der Waals surface area contributed by atoms with Gasteiger partial charge in [-0.05, 0) is 10.4 Å². The van der Waals surface area contributed by atoms with Crippen LogP contribution in [0.2, 0.25) is 0 Å². The highest BCUT2D eigenvalue weighted by molar-refractivity contribution is 7.11. The van der Waals surface area contributed by atoms with E-state index in [9.17, 15) is 4.79 Å². The number of tetrazole rings is 1. The SMILES string of the molecule is [3H]c1csc(OCc2nnn(C)c2-n2nnn(C)c2=O)n1. The summed E-state index contributed by atoms with van der Waals surface area (Å²) in [5, 5.41) is 17.1. The molecule has 3 aromatic rings. The Labute approximate surface area is 117 Å². The van der Waals surface area contributed by atoms with Crippen LogP contribution in [0.25, 0.3) is 5.82 Å². The van der Waals surface area contributed by atoms with Crippen LogP contribution in [0.5, 0.6) is 5.19 Å². The summed E-state index contributed by atoms with van der Waals surface area (Å²) >= 11 is 1.21. The van der Waals surface area contributed by atoms with E-state index in [1.807, 2.05) is 0 Å². The zero-order valence-electron chi connectivity index (χ0n) is 11.6. The molecule has 0 aromatic carbocycles. The molecule has 0 amide bonds. The molecule has 0 spiro atoms. The lowest BCUT2D eigenvalue weighted by Crippen LogP contribution is -2.24. The molecule has 0 saturated carbocycles. The summed E-state index contributed by atoms with van der Waals surface area (Å²) in [7, 11) is 3.13. The van der Waals surface area contributed by atoms with Crippen molar-refractivity contribution in [2.45, 2.75) is 6.61 Å². The number of aromatic nitrogens is 8. The van der Waals surface area contributed by atoms with Gasteiger partial charge in [0.15, 0.2) is 5.82 Å². The van der Waals surface area contributed by atoms with Gasteiger partial charge in [0.1, 0.15) is 12.3 Å². The van der Waals surface area contributed by atoms with Crippen LogP contribution in [0.4, 0.5) is 0 Å². The molecule has 0 atom stereocenters. The van der Waals surface area contributed by atoms with Gasteiger partial charge in [0, 0.05) is 25.6 Å². The summed E-state index contributed by atoms with van der Waals surface area (Å²) < 4.78 is 16.4. The van der Waals surface area contributed by atoms with Gasteiger partial charge < -0.3 is 4.74 Å². The number of hydrogen-bond donors (Lipinski definition) is 0. The maximum atomic E-state index is 11.9. The fourth-order valence-electron chi connectivity index (χ4n) is 1.57. The summed E-state index contributed by atoms with van der Waals surface area (Å²) in [6.07, 6.45) is 0.138. The molecule has 11 heteroatoms. The van der Waals surface area contributed by atoms with Crippen LogP contribution in [0.15, 0.2) is 16.3 Å². The molecule has 0 aliphatic rings. The van der Waals surface area contributed by atoms with E-state index in [1.54, 1.807) is 12.4 Å². The van der Waals surface area contributed by atoms with Crippen molar-refractivity contribution in [2.24, 2.45) is 14.1 Å². The first-order chi connectivity index (χ1) is 10.1. The van der Waals surface area contributed by atoms with Crippen molar-refractivity contribution in [3.63, 3.8) is 0 Å². The quantitative estimate of drug-likeness (QED) is 0.616. The summed E-state index contributed by atoms with van der Waals surface area (Å²) in [5.41, 5.74) is 0.00572. The van der Waals surface area contributed by atoms with Gasteiger partial charge >= 0.3 is 5.69 Å². The second-order valence-corrected chi connectivity index (χ2v) is 4.63. The maximum Gasteiger partial charge on any atom is 0.369 e. The maximum absolute atomic E-state index is 11.9. The topological polar surface area (TPSA) is 106 Å². The molecule has 0 fully saturated rings. The number of hydrogen-bond acceptors (Lipinski definition) is 8. The van der Waals surface area contributed by atoms with Gasteiger partial charge in [-0.25, -0.2) is 14.5 Å². The highest BCUT2D eigenvalue weighted by Gasteiger charge is 2.18. The molecule has 0 aliphatic carbocycles. The minimum atomic E-state index is -0.413. The molecule has 3 aromatic heterocycles. The van der Waals surface area contributed by atoms with Gasteiger partial charge in [0.25, 0.3) is 5.19 Å². The van der Waals surface area contributed by atoms with Crippen LogP contribution in [0.3, 0.4) is 0 Å². The van der Waals surface area contributed by atoms with E-state index in [1.165, 1.54) is 23.1 Å². The van der Waals surface area contributed by atoms with Crippen molar-refractivity contribution in [2.75, 3.05) is 0 Å². The van der Waals surface area contributed by atoms with E-state index in [4.69, 9.17) is 6.11 Å². The first kappa shape index (κ1) is 11.3. The van der Waals surface area contributed by atoms with E-state index in [-0.39, 0.29) is 12.8 Å². The Hall–Kier alpha value is -2.56. The highest BCUT2D eigenvalue weighted by Crippen LogP contribution is 2.16. The molecule has 20 heavy (non-hydrogen) atoms. The van der Waals surface area contributed by atoms with Gasteiger partial charge in [0.2, 0.25) is 0 Å². The Morgan fingerprint density at radius 2 is 2.20 bits per heavy atom. The molecule has 104 valence electrons. The Morgan fingerprint density at radius 3 is 2.85 bits per heavy atom. The summed E-state index contributed by atoms with van der Waals surface area (Å²) in [6, 6.07) is 0. The van der Waals surface area contributed by atoms with Crippen molar-refractivity contribution in [3.05, 3.63) is 27.7 Å². The second kappa shape index (κ2) is 4.85. The monoisotopic (exact) mass is 296 g/mol. The number of rotatable bonds is 4. The van der Waals surface area contributed by atoms with E-state index >= 15 is 0 Å². The molecule has 3 heterocycles. The highest BCUT2D eigenvalue weighted by atomic mass is 32.1. The van der Waals surface area contributed by atoms with Gasteiger partial charge in [-0.1, -0.05) is 16.6 Å². The van der Waals surface area contributed by atoms with Crippen molar-refractivity contribution < 1.29 is 6.11 Å². The molecule has 10 nitrogen and oxygen atoms in total. The Morgan fingerprint density at radius 1 is 1.35 bits per heavy atom. The third-order valence-electron chi connectivity index (χ3n) is 2.49. The molecule has 0 radical (unpaired) electrons. The predicted molar refractivity (Wildman–Crippen MR) is 67.6 cm³/mol. The molecule has 0 bridgehead atoms. The van der Waals surface area contributed by atoms with Crippen molar-refractivity contribution in [1.82, 2.24) is 39.8 Å². The van der Waals surface area contributed by atoms with Gasteiger partial charge in [0.05, 0.1) is 1.37 Å². The molecule has 0 N–H and O–H groups in total. The van der Waals surface area contributed by atoms with Crippen molar-refractivity contribution >= 4 is 11.3 Å². The van der Waals surface area contributed by atoms with Crippen LogP contribution in [-0.2, 0) is 20.7 Å². The number of ether oxygens (including phenoxy) is 1.